The molecule has 0 aliphatic rings. The summed E-state index contributed by atoms with van der Waals surface area (Å²) in [5, 5.41) is 0. The third kappa shape index (κ3) is 1.77. The van der Waals surface area contributed by atoms with Crippen LogP contribution in [0.4, 0.5) is 11.6 Å². The molecule has 0 bridgehead atoms. The molecule has 0 aliphatic carbocycles. The van der Waals surface area contributed by atoms with Crippen molar-refractivity contribution in [1.29, 1.82) is 0 Å². The summed E-state index contributed by atoms with van der Waals surface area (Å²) in [4.78, 5) is 7.84. The molecule has 1 aromatic rings. The van der Waals surface area contributed by atoms with Crippen LogP contribution in [0.25, 0.3) is 0 Å². The molecule has 0 unspecified atom stereocenters. The van der Waals surface area contributed by atoms with Crippen molar-refractivity contribution in [2.75, 3.05) is 0 Å². The summed E-state index contributed by atoms with van der Waals surface area (Å²) in [7, 11) is 0. The summed E-state index contributed by atoms with van der Waals surface area (Å²) in [5.41, 5.74) is 1.70. The third-order valence-corrected chi connectivity index (χ3v) is 1.11. The van der Waals surface area contributed by atoms with E-state index < -0.39 is 0 Å². The Morgan fingerprint density at radius 3 is 2.82 bits per heavy atom. The van der Waals surface area contributed by atoms with Crippen LogP contribution in [-0.2, 0) is 0 Å². The Labute approximate surface area is 65.5 Å². The minimum atomic E-state index is 0.478. The molecule has 11 heavy (non-hydrogen) atoms. The summed E-state index contributed by atoms with van der Waals surface area (Å²) in [6.45, 7) is 7.19. The molecule has 0 saturated heterocycles. The van der Waals surface area contributed by atoms with Gasteiger partial charge in [0.05, 0.1) is 6.26 Å². The molecule has 0 aromatic carbocycles. The second kappa shape index (κ2) is 3.14. The van der Waals surface area contributed by atoms with Gasteiger partial charge in [-0.1, -0.05) is 0 Å². The van der Waals surface area contributed by atoms with E-state index in [1.54, 1.807) is 12.3 Å². The lowest BCUT2D eigenvalue weighted by Gasteiger charge is -1.89. The van der Waals surface area contributed by atoms with Crippen LogP contribution in [0.3, 0.4) is 0 Å². The maximum Gasteiger partial charge on any atom is 0.244 e. The first-order valence-electron chi connectivity index (χ1n) is 3.30. The van der Waals surface area contributed by atoms with E-state index in [1.807, 2.05) is 13.8 Å². The molecule has 0 radical (unpaired) electrons. The van der Waals surface area contributed by atoms with E-state index >= 15 is 0 Å². The summed E-state index contributed by atoms with van der Waals surface area (Å²) in [6.07, 6.45) is 1.55. The maximum atomic E-state index is 4.98. The van der Waals surface area contributed by atoms with Crippen LogP contribution >= 0.6 is 0 Å². The fourth-order valence-corrected chi connectivity index (χ4v) is 0.739. The predicted molar refractivity (Wildman–Crippen MR) is 46.4 cm³/mol. The fraction of sp³-hybridized carbons (Fsp3) is 0.250. The van der Waals surface area contributed by atoms with Gasteiger partial charge in [0.25, 0.3) is 0 Å². The van der Waals surface area contributed by atoms with Crippen molar-refractivity contribution in [1.82, 2.24) is 0 Å². The normalized spacial score (nSPS) is 9.27. The highest BCUT2D eigenvalue weighted by Crippen LogP contribution is 2.28. The zero-order valence-electron chi connectivity index (χ0n) is 6.66. The first kappa shape index (κ1) is 7.72. The highest BCUT2D eigenvalue weighted by molar-refractivity contribution is 5.83. The van der Waals surface area contributed by atoms with Crippen molar-refractivity contribution in [3.05, 3.63) is 12.3 Å². The Kier molecular flexibility index (Phi) is 2.21. The van der Waals surface area contributed by atoms with Crippen molar-refractivity contribution in [2.24, 2.45) is 9.98 Å². The van der Waals surface area contributed by atoms with Crippen LogP contribution in [0.15, 0.2) is 26.7 Å². The quantitative estimate of drug-likeness (QED) is 0.597. The van der Waals surface area contributed by atoms with Gasteiger partial charge in [0.1, 0.15) is 5.69 Å². The van der Waals surface area contributed by atoms with Gasteiger partial charge >= 0.3 is 0 Å². The molecular formula is C8H10N2O. The third-order valence-electron chi connectivity index (χ3n) is 1.11. The second-order valence-electron chi connectivity index (χ2n) is 2.33. The van der Waals surface area contributed by atoms with Gasteiger partial charge in [0.15, 0.2) is 0 Å². The summed E-state index contributed by atoms with van der Waals surface area (Å²) in [5.74, 6) is 0.478. The number of hydrogen-bond donors (Lipinski definition) is 0. The average molecular weight is 150 g/mol. The smallest absolute Gasteiger partial charge is 0.244 e. The molecule has 1 heterocycles. The van der Waals surface area contributed by atoms with Gasteiger partial charge in [-0.25, -0.2) is 4.99 Å². The highest BCUT2D eigenvalue weighted by atomic mass is 16.3. The summed E-state index contributed by atoms with van der Waals surface area (Å²) >= 11 is 0. The molecule has 1 aromatic heterocycles. The van der Waals surface area contributed by atoms with Crippen LogP contribution < -0.4 is 0 Å². The van der Waals surface area contributed by atoms with Crippen LogP contribution in [-0.4, -0.2) is 12.4 Å². The van der Waals surface area contributed by atoms with E-state index in [-0.39, 0.29) is 0 Å². The highest BCUT2D eigenvalue weighted by Gasteiger charge is 2.00. The van der Waals surface area contributed by atoms with Crippen LogP contribution in [0.2, 0.25) is 0 Å². The van der Waals surface area contributed by atoms with E-state index in [9.17, 15) is 0 Å². The zero-order chi connectivity index (χ0) is 8.27. The van der Waals surface area contributed by atoms with Gasteiger partial charge in [0, 0.05) is 11.8 Å². The van der Waals surface area contributed by atoms with Gasteiger partial charge in [-0.3, -0.25) is 4.99 Å². The number of aliphatic imine (C=N–C) groups is 2. The van der Waals surface area contributed by atoms with E-state index in [1.165, 1.54) is 0 Å². The molecule has 0 atom stereocenters. The van der Waals surface area contributed by atoms with Crippen molar-refractivity contribution >= 4 is 24.0 Å². The Balaban J connectivity index is 3.03. The summed E-state index contributed by atoms with van der Waals surface area (Å²) < 4.78 is 4.98. The van der Waals surface area contributed by atoms with Gasteiger partial charge < -0.3 is 4.42 Å². The Bertz CT molecular complexity index is 282. The maximum absolute atomic E-state index is 4.98. The lowest BCUT2D eigenvalue weighted by molar-refractivity contribution is 0.579. The first-order valence-corrected chi connectivity index (χ1v) is 3.30. The monoisotopic (exact) mass is 150 g/mol. The largest absolute Gasteiger partial charge is 0.445 e. The standard InChI is InChI=1S/C8H10N2O/c1-6(2)10-7-4-5-11-8(7)9-3/h4-5H,3H2,1-2H3. The summed E-state index contributed by atoms with van der Waals surface area (Å²) in [6, 6.07) is 1.76. The van der Waals surface area contributed by atoms with E-state index in [0.29, 0.717) is 5.88 Å². The molecule has 0 aliphatic heterocycles. The van der Waals surface area contributed by atoms with Crippen LogP contribution in [0.1, 0.15) is 13.8 Å². The molecule has 58 valence electrons. The number of hydrogen-bond acceptors (Lipinski definition) is 3. The fourth-order valence-electron chi connectivity index (χ4n) is 0.739. The zero-order valence-corrected chi connectivity index (χ0v) is 6.66. The first-order chi connectivity index (χ1) is 5.24. The number of nitrogens with zero attached hydrogens (tertiary/aromatic N) is 2. The van der Waals surface area contributed by atoms with E-state index in [2.05, 4.69) is 16.7 Å². The molecule has 0 N–H and O–H groups in total. The van der Waals surface area contributed by atoms with Crippen LogP contribution in [0.5, 0.6) is 0 Å². The van der Waals surface area contributed by atoms with Gasteiger partial charge in [0.2, 0.25) is 5.88 Å². The van der Waals surface area contributed by atoms with Crippen molar-refractivity contribution in [3.63, 3.8) is 0 Å². The van der Waals surface area contributed by atoms with E-state index in [0.717, 1.165) is 11.4 Å². The van der Waals surface area contributed by atoms with Crippen molar-refractivity contribution in [3.8, 4) is 0 Å². The average Bonchev–Trinajstić information content (AvgIpc) is 2.34. The molecule has 1 rings (SSSR count). The Hall–Kier alpha value is -1.38. The number of rotatable bonds is 2. The minimum absolute atomic E-state index is 0.478. The van der Waals surface area contributed by atoms with Crippen molar-refractivity contribution in [2.45, 2.75) is 13.8 Å². The molecular weight excluding hydrogens is 140 g/mol. The van der Waals surface area contributed by atoms with Gasteiger partial charge in [-0.2, -0.15) is 0 Å². The van der Waals surface area contributed by atoms with Crippen LogP contribution in [0, 0.1) is 0 Å². The number of furan rings is 1. The second-order valence-corrected chi connectivity index (χ2v) is 2.33. The molecule has 0 saturated carbocycles. The predicted octanol–water partition coefficient (Wildman–Crippen LogP) is 2.72. The lowest BCUT2D eigenvalue weighted by atomic mass is 10.4. The molecule has 0 fully saturated rings. The molecule has 3 heteroatoms. The minimum Gasteiger partial charge on any atom is -0.445 e. The van der Waals surface area contributed by atoms with Gasteiger partial charge in [-0.15, -0.1) is 0 Å². The molecule has 0 amide bonds. The Morgan fingerprint density at radius 1 is 1.55 bits per heavy atom. The topological polar surface area (TPSA) is 37.9 Å². The molecule has 3 nitrogen and oxygen atoms in total. The van der Waals surface area contributed by atoms with E-state index in [4.69, 9.17) is 4.42 Å². The Morgan fingerprint density at radius 2 is 2.27 bits per heavy atom. The van der Waals surface area contributed by atoms with Gasteiger partial charge in [-0.05, 0) is 20.6 Å². The SMILES string of the molecule is C=Nc1occc1N=C(C)C. The lowest BCUT2D eigenvalue weighted by Crippen LogP contribution is -1.75. The molecule has 0 spiro atoms. The van der Waals surface area contributed by atoms with Crippen molar-refractivity contribution < 1.29 is 4.42 Å².